The van der Waals surface area contributed by atoms with Crippen LogP contribution < -0.4 is 5.32 Å². The summed E-state index contributed by atoms with van der Waals surface area (Å²) in [6.45, 7) is 8.58. The molecule has 154 valence electrons. The van der Waals surface area contributed by atoms with Gasteiger partial charge in [0, 0.05) is 36.9 Å². The molecule has 2 aliphatic heterocycles. The molecule has 2 saturated heterocycles. The van der Waals surface area contributed by atoms with Crippen molar-refractivity contribution in [3.8, 4) is 0 Å². The average molecular weight is 445 g/mol. The Hall–Kier alpha value is -1.10. The molecule has 1 unspecified atom stereocenters. The summed E-state index contributed by atoms with van der Waals surface area (Å²) in [5.41, 5.74) is 0.555. The number of carbonyl (C=O) groups excluding carboxylic acids is 1. The van der Waals surface area contributed by atoms with E-state index in [-0.39, 0.29) is 0 Å². The fourth-order valence-corrected chi connectivity index (χ4v) is 5.40. The number of halogens is 1. The molecule has 10 heteroatoms. The minimum absolute atomic E-state index is 0.450. The summed E-state index contributed by atoms with van der Waals surface area (Å²) in [5.74, 6) is 0. The molecule has 0 bridgehead atoms. The minimum Gasteiger partial charge on any atom is -0.379 e. The highest BCUT2D eigenvalue weighted by atomic mass is 35.5. The molecule has 2 fully saturated rings. The smallest absolute Gasteiger partial charge is 0.347 e. The molecule has 2 amide bonds. The summed E-state index contributed by atoms with van der Waals surface area (Å²) in [6, 6.07) is 6.12. The Morgan fingerprint density at radius 3 is 2.64 bits per heavy atom. The Kier molecular flexibility index (Phi) is 7.06. The van der Waals surface area contributed by atoms with E-state index in [1.165, 1.54) is 11.8 Å². The van der Waals surface area contributed by atoms with E-state index in [4.69, 9.17) is 28.6 Å². The molecule has 0 saturated carbocycles. The van der Waals surface area contributed by atoms with Gasteiger partial charge in [0.25, 0.3) is 0 Å². The normalized spacial score (nSPS) is 22.4. The van der Waals surface area contributed by atoms with Crippen molar-refractivity contribution < 1.29 is 14.7 Å². The second-order valence-electron chi connectivity index (χ2n) is 7.27. The van der Waals surface area contributed by atoms with Crippen LogP contribution in [0, 0.1) is 0 Å². The van der Waals surface area contributed by atoms with Gasteiger partial charge in [-0.05, 0) is 38.1 Å². The fourth-order valence-electron chi connectivity index (χ4n) is 3.35. The number of benzene rings is 1. The van der Waals surface area contributed by atoms with Gasteiger partial charge in [-0.15, -0.1) is 0 Å². The maximum atomic E-state index is 12.7. The van der Waals surface area contributed by atoms with Crippen molar-refractivity contribution in [1.82, 2.24) is 14.9 Å². The maximum absolute atomic E-state index is 12.7. The molecule has 2 N–H and O–H groups in total. The van der Waals surface area contributed by atoms with Gasteiger partial charge >= 0.3 is 6.03 Å². The van der Waals surface area contributed by atoms with E-state index in [9.17, 15) is 10.0 Å². The van der Waals surface area contributed by atoms with E-state index in [0.717, 1.165) is 37.9 Å². The van der Waals surface area contributed by atoms with Gasteiger partial charge in [0.15, 0.2) is 0 Å². The number of nitrogens with zero attached hydrogens (tertiary/aromatic N) is 3. The van der Waals surface area contributed by atoms with Crippen LogP contribution in [-0.4, -0.2) is 80.7 Å². The first-order valence-electron chi connectivity index (χ1n) is 9.12. The molecule has 28 heavy (non-hydrogen) atoms. The molecular weight excluding hydrogens is 420 g/mol. The second kappa shape index (κ2) is 9.15. The van der Waals surface area contributed by atoms with Crippen molar-refractivity contribution in [1.29, 1.82) is 0 Å². The molecule has 0 aromatic heterocycles. The molecule has 1 aromatic rings. The van der Waals surface area contributed by atoms with Crippen LogP contribution in [0.4, 0.5) is 10.5 Å². The lowest BCUT2D eigenvalue weighted by Crippen LogP contribution is -2.56. The number of morpholine rings is 1. The number of urea groups is 1. The number of ether oxygens (including phenoxy) is 1. The lowest BCUT2D eigenvalue weighted by molar-refractivity contribution is -0.115. The van der Waals surface area contributed by atoms with Gasteiger partial charge in [0.2, 0.25) is 0 Å². The Bertz CT molecular complexity index is 713. The SMILES string of the molecule is CC1(C)SC(=S)N(CCN2CCOCC2)C1N(O)C(=O)Nc1ccc(Cl)cc1. The van der Waals surface area contributed by atoms with E-state index in [0.29, 0.717) is 21.6 Å². The molecule has 1 atom stereocenters. The largest absolute Gasteiger partial charge is 0.379 e. The zero-order valence-corrected chi connectivity index (χ0v) is 18.3. The van der Waals surface area contributed by atoms with Crippen LogP contribution in [0.2, 0.25) is 5.02 Å². The number of anilines is 1. The van der Waals surface area contributed by atoms with Crippen LogP contribution in [0.5, 0.6) is 0 Å². The highest BCUT2D eigenvalue weighted by molar-refractivity contribution is 8.24. The van der Waals surface area contributed by atoms with Crippen molar-refractivity contribution in [3.63, 3.8) is 0 Å². The van der Waals surface area contributed by atoms with Crippen LogP contribution in [0.25, 0.3) is 0 Å². The summed E-state index contributed by atoms with van der Waals surface area (Å²) < 4.78 is 5.62. The minimum atomic E-state index is -0.609. The summed E-state index contributed by atoms with van der Waals surface area (Å²) in [5, 5.41) is 14.8. The summed E-state index contributed by atoms with van der Waals surface area (Å²) in [7, 11) is 0. The van der Waals surface area contributed by atoms with E-state index in [1.54, 1.807) is 24.3 Å². The lowest BCUT2D eigenvalue weighted by atomic mass is 10.1. The van der Waals surface area contributed by atoms with E-state index >= 15 is 0 Å². The predicted octanol–water partition coefficient (Wildman–Crippen LogP) is 3.33. The first-order chi connectivity index (χ1) is 13.3. The quantitative estimate of drug-likeness (QED) is 0.410. The van der Waals surface area contributed by atoms with Gasteiger partial charge in [-0.2, -0.15) is 5.06 Å². The molecule has 2 heterocycles. The molecule has 0 radical (unpaired) electrons. The number of thioether (sulfide) groups is 1. The van der Waals surface area contributed by atoms with Gasteiger partial charge in [-0.25, -0.2) is 4.79 Å². The van der Waals surface area contributed by atoms with Crippen molar-refractivity contribution in [2.75, 3.05) is 44.7 Å². The molecule has 7 nitrogen and oxygen atoms in total. The van der Waals surface area contributed by atoms with Gasteiger partial charge < -0.3 is 15.0 Å². The first kappa shape index (κ1) is 21.6. The van der Waals surface area contributed by atoms with Crippen LogP contribution in [0.3, 0.4) is 0 Å². The Labute approximate surface area is 179 Å². The number of amides is 2. The van der Waals surface area contributed by atoms with Gasteiger partial charge in [0.05, 0.1) is 18.0 Å². The Morgan fingerprint density at radius 1 is 1.36 bits per heavy atom. The standard InChI is InChI=1S/C18H25ClN4O3S2/c1-18(2)15(23(25)16(24)20-14-5-3-13(19)4-6-14)22(17(27)28-18)8-7-21-9-11-26-12-10-21/h3-6,15,25H,7-12H2,1-2H3,(H,20,24). The third kappa shape index (κ3) is 5.08. The highest BCUT2D eigenvalue weighted by Crippen LogP contribution is 2.42. The molecule has 0 spiro atoms. The van der Waals surface area contributed by atoms with Gasteiger partial charge in [-0.3, -0.25) is 10.1 Å². The zero-order valence-electron chi connectivity index (χ0n) is 15.9. The predicted molar refractivity (Wildman–Crippen MR) is 116 cm³/mol. The first-order valence-corrected chi connectivity index (χ1v) is 10.7. The Morgan fingerprint density at radius 2 is 2.00 bits per heavy atom. The van der Waals surface area contributed by atoms with Crippen LogP contribution >= 0.6 is 35.6 Å². The van der Waals surface area contributed by atoms with Crippen molar-refractivity contribution >= 4 is 51.6 Å². The topological polar surface area (TPSA) is 68.3 Å². The van der Waals surface area contributed by atoms with Crippen molar-refractivity contribution in [2.24, 2.45) is 0 Å². The zero-order chi connectivity index (χ0) is 20.3. The monoisotopic (exact) mass is 444 g/mol. The van der Waals surface area contributed by atoms with E-state index < -0.39 is 16.9 Å². The van der Waals surface area contributed by atoms with Gasteiger partial charge in [0.1, 0.15) is 10.5 Å². The molecular formula is C18H25ClN4O3S2. The van der Waals surface area contributed by atoms with E-state index in [2.05, 4.69) is 10.2 Å². The number of hydrogen-bond donors (Lipinski definition) is 2. The number of nitrogens with one attached hydrogen (secondary N) is 1. The van der Waals surface area contributed by atoms with Crippen LogP contribution in [0.1, 0.15) is 13.8 Å². The van der Waals surface area contributed by atoms with Crippen LogP contribution in [0.15, 0.2) is 24.3 Å². The number of rotatable bonds is 5. The lowest BCUT2D eigenvalue weighted by Gasteiger charge is -2.38. The van der Waals surface area contributed by atoms with Crippen LogP contribution in [-0.2, 0) is 4.74 Å². The van der Waals surface area contributed by atoms with Gasteiger partial charge in [-0.1, -0.05) is 35.6 Å². The van der Waals surface area contributed by atoms with Crippen molar-refractivity contribution in [2.45, 2.75) is 24.8 Å². The third-order valence-electron chi connectivity index (χ3n) is 4.80. The molecule has 0 aliphatic carbocycles. The molecule has 3 rings (SSSR count). The third-order valence-corrected chi connectivity index (χ3v) is 6.68. The molecule has 1 aromatic carbocycles. The highest BCUT2D eigenvalue weighted by Gasteiger charge is 2.49. The number of hydrogen-bond acceptors (Lipinski definition) is 6. The summed E-state index contributed by atoms with van der Waals surface area (Å²) in [4.78, 5) is 16.9. The summed E-state index contributed by atoms with van der Waals surface area (Å²) >= 11 is 12.9. The molecule has 2 aliphatic rings. The van der Waals surface area contributed by atoms with Crippen molar-refractivity contribution in [3.05, 3.63) is 29.3 Å². The number of hydroxylamine groups is 2. The second-order valence-corrected chi connectivity index (χ2v) is 10.00. The fraction of sp³-hybridized carbons (Fsp3) is 0.556. The number of thiocarbonyl (C=S) groups is 1. The van der Waals surface area contributed by atoms with E-state index in [1.807, 2.05) is 18.7 Å². The average Bonchev–Trinajstić information content (AvgIpc) is 2.89. The summed E-state index contributed by atoms with van der Waals surface area (Å²) in [6.07, 6.45) is -0.571. The maximum Gasteiger partial charge on any atom is 0.347 e. The Balaban J connectivity index is 1.68. The number of carbonyl (C=O) groups is 1.